The molecule has 19 heavy (non-hydrogen) atoms. The Balaban J connectivity index is 2.01. The predicted octanol–water partition coefficient (Wildman–Crippen LogP) is 1.94. The van der Waals surface area contributed by atoms with Gasteiger partial charge in [-0.2, -0.15) is 0 Å². The molecule has 0 aromatic heterocycles. The van der Waals surface area contributed by atoms with Crippen molar-refractivity contribution in [2.45, 2.75) is 19.1 Å². The summed E-state index contributed by atoms with van der Waals surface area (Å²) in [5.74, 6) is -0.298. The predicted molar refractivity (Wildman–Crippen MR) is 72.8 cm³/mol. The molecule has 0 saturated carbocycles. The zero-order valence-corrected chi connectivity index (χ0v) is 10.8. The van der Waals surface area contributed by atoms with Gasteiger partial charge in [0.1, 0.15) is 5.76 Å². The molecule has 0 radical (unpaired) electrons. The number of Topliss-reactive ketones (excluding diaryl/α,β-unsaturated/α-hetero) is 1. The quantitative estimate of drug-likeness (QED) is 0.571. The van der Waals surface area contributed by atoms with Crippen LogP contribution in [0.2, 0.25) is 0 Å². The standard InChI is InChI=1S/C15H17NO3/c1-11-7-8-14(18)15(19,9-11)16-10-13(17)12-5-3-2-4-6-12/h2-8,16,18-19H,9-10H2,1H3. The minimum absolute atomic E-state index is 0.0360. The maximum Gasteiger partial charge on any atom is 0.178 e. The topological polar surface area (TPSA) is 69.6 Å². The van der Waals surface area contributed by atoms with Gasteiger partial charge >= 0.3 is 0 Å². The molecule has 0 amide bonds. The van der Waals surface area contributed by atoms with Crippen molar-refractivity contribution in [2.24, 2.45) is 0 Å². The van der Waals surface area contributed by atoms with Crippen LogP contribution in [-0.2, 0) is 0 Å². The Morgan fingerprint density at radius 1 is 1.32 bits per heavy atom. The molecule has 0 spiro atoms. The van der Waals surface area contributed by atoms with Crippen molar-refractivity contribution in [1.29, 1.82) is 0 Å². The highest BCUT2D eigenvalue weighted by atomic mass is 16.4. The Hall–Kier alpha value is -1.91. The molecule has 3 N–H and O–H groups in total. The van der Waals surface area contributed by atoms with Crippen LogP contribution in [0.25, 0.3) is 0 Å². The number of aliphatic hydroxyl groups is 2. The van der Waals surface area contributed by atoms with E-state index in [2.05, 4.69) is 5.32 Å². The van der Waals surface area contributed by atoms with E-state index in [0.717, 1.165) is 5.57 Å². The molecule has 1 aromatic rings. The number of allylic oxidation sites excluding steroid dienone is 2. The molecule has 1 aromatic carbocycles. The number of benzene rings is 1. The van der Waals surface area contributed by atoms with E-state index in [1.54, 1.807) is 30.3 Å². The first-order valence-electron chi connectivity index (χ1n) is 6.14. The molecule has 0 fully saturated rings. The third-order valence-electron chi connectivity index (χ3n) is 3.12. The third-order valence-corrected chi connectivity index (χ3v) is 3.12. The Labute approximate surface area is 112 Å². The number of carbonyl (C=O) groups is 1. The van der Waals surface area contributed by atoms with Gasteiger partial charge in [-0.3, -0.25) is 10.1 Å². The molecule has 2 rings (SSSR count). The van der Waals surface area contributed by atoms with E-state index in [1.807, 2.05) is 13.0 Å². The van der Waals surface area contributed by atoms with E-state index in [0.29, 0.717) is 5.56 Å². The Morgan fingerprint density at radius 2 is 2.00 bits per heavy atom. The van der Waals surface area contributed by atoms with Crippen molar-refractivity contribution in [3.8, 4) is 0 Å². The lowest BCUT2D eigenvalue weighted by atomic mass is 9.96. The van der Waals surface area contributed by atoms with Crippen molar-refractivity contribution in [1.82, 2.24) is 5.32 Å². The lowest BCUT2D eigenvalue weighted by Crippen LogP contribution is -2.50. The smallest absolute Gasteiger partial charge is 0.178 e. The molecule has 1 aliphatic rings. The van der Waals surface area contributed by atoms with Crippen LogP contribution in [0.5, 0.6) is 0 Å². The van der Waals surface area contributed by atoms with Crippen molar-refractivity contribution in [3.63, 3.8) is 0 Å². The first-order valence-corrected chi connectivity index (χ1v) is 6.14. The minimum atomic E-state index is -1.55. The lowest BCUT2D eigenvalue weighted by Gasteiger charge is -2.31. The second-order valence-corrected chi connectivity index (χ2v) is 4.74. The van der Waals surface area contributed by atoms with Crippen LogP contribution in [0.15, 0.2) is 53.8 Å². The number of ketones is 1. The largest absolute Gasteiger partial charge is 0.508 e. The van der Waals surface area contributed by atoms with Gasteiger partial charge in [0, 0.05) is 12.0 Å². The molecule has 1 unspecified atom stereocenters. The SMILES string of the molecule is CC1=CC=C(O)C(O)(NCC(=O)c2ccccc2)C1. The van der Waals surface area contributed by atoms with Crippen molar-refractivity contribution in [2.75, 3.05) is 6.54 Å². The molecule has 1 aliphatic carbocycles. The van der Waals surface area contributed by atoms with Crippen LogP contribution in [0, 0.1) is 0 Å². The molecule has 0 aliphatic heterocycles. The van der Waals surface area contributed by atoms with Gasteiger partial charge in [-0.05, 0) is 13.0 Å². The first kappa shape index (κ1) is 13.5. The summed E-state index contributed by atoms with van der Waals surface area (Å²) in [6.07, 6.45) is 3.45. The molecule has 4 heteroatoms. The number of carbonyl (C=O) groups excluding carboxylic acids is 1. The van der Waals surface area contributed by atoms with Crippen LogP contribution >= 0.6 is 0 Å². The molecule has 0 saturated heterocycles. The van der Waals surface area contributed by atoms with Gasteiger partial charge < -0.3 is 10.2 Å². The van der Waals surface area contributed by atoms with Crippen LogP contribution in [0.4, 0.5) is 0 Å². The van der Waals surface area contributed by atoms with E-state index in [9.17, 15) is 15.0 Å². The number of rotatable bonds is 4. The molecule has 0 bridgehead atoms. The highest BCUT2D eigenvalue weighted by molar-refractivity contribution is 5.97. The summed E-state index contributed by atoms with van der Waals surface area (Å²) in [5.41, 5.74) is -0.0476. The zero-order chi connectivity index (χ0) is 13.9. The minimum Gasteiger partial charge on any atom is -0.508 e. The summed E-state index contributed by atoms with van der Waals surface area (Å²) >= 11 is 0. The highest BCUT2D eigenvalue weighted by Gasteiger charge is 2.33. The fraction of sp³-hybridized carbons (Fsp3) is 0.267. The molecule has 100 valence electrons. The molecular weight excluding hydrogens is 242 g/mol. The van der Waals surface area contributed by atoms with Crippen LogP contribution < -0.4 is 5.32 Å². The second-order valence-electron chi connectivity index (χ2n) is 4.74. The number of hydrogen-bond donors (Lipinski definition) is 3. The third kappa shape index (κ3) is 3.10. The van der Waals surface area contributed by atoms with Gasteiger partial charge in [-0.15, -0.1) is 0 Å². The van der Waals surface area contributed by atoms with E-state index >= 15 is 0 Å². The van der Waals surface area contributed by atoms with E-state index in [4.69, 9.17) is 0 Å². The zero-order valence-electron chi connectivity index (χ0n) is 10.8. The highest BCUT2D eigenvalue weighted by Crippen LogP contribution is 2.25. The van der Waals surface area contributed by atoms with Crippen molar-refractivity contribution >= 4 is 5.78 Å². The first-order chi connectivity index (χ1) is 9.01. The normalized spacial score (nSPS) is 22.6. The molecule has 4 nitrogen and oxygen atoms in total. The summed E-state index contributed by atoms with van der Waals surface area (Å²) in [6, 6.07) is 8.84. The van der Waals surface area contributed by atoms with E-state index in [-0.39, 0.29) is 24.5 Å². The second kappa shape index (κ2) is 5.38. The molecule has 1 atom stereocenters. The maximum atomic E-state index is 11.9. The summed E-state index contributed by atoms with van der Waals surface area (Å²) in [7, 11) is 0. The monoisotopic (exact) mass is 259 g/mol. The average molecular weight is 259 g/mol. The lowest BCUT2D eigenvalue weighted by molar-refractivity contribution is 0.00331. The average Bonchev–Trinajstić information content (AvgIpc) is 2.42. The summed E-state index contributed by atoms with van der Waals surface area (Å²) in [4.78, 5) is 11.9. The van der Waals surface area contributed by atoms with Gasteiger partial charge in [0.25, 0.3) is 0 Å². The van der Waals surface area contributed by atoms with E-state index < -0.39 is 5.72 Å². The van der Waals surface area contributed by atoms with Gasteiger partial charge in [0.2, 0.25) is 0 Å². The number of aliphatic hydroxyl groups excluding tert-OH is 1. The molecular formula is C15H17NO3. The van der Waals surface area contributed by atoms with Gasteiger partial charge in [-0.25, -0.2) is 0 Å². The summed E-state index contributed by atoms with van der Waals surface area (Å²) in [5, 5.41) is 22.7. The Bertz CT molecular complexity index is 534. The van der Waals surface area contributed by atoms with Crippen LogP contribution in [0.3, 0.4) is 0 Å². The molecule has 0 heterocycles. The fourth-order valence-corrected chi connectivity index (χ4v) is 2.02. The number of nitrogens with one attached hydrogen (secondary N) is 1. The summed E-state index contributed by atoms with van der Waals surface area (Å²) < 4.78 is 0. The summed E-state index contributed by atoms with van der Waals surface area (Å²) in [6.45, 7) is 1.82. The maximum absolute atomic E-state index is 11.9. The number of hydrogen-bond acceptors (Lipinski definition) is 4. The fourth-order valence-electron chi connectivity index (χ4n) is 2.02. The van der Waals surface area contributed by atoms with Crippen molar-refractivity contribution < 1.29 is 15.0 Å². The van der Waals surface area contributed by atoms with Crippen LogP contribution in [0.1, 0.15) is 23.7 Å². The van der Waals surface area contributed by atoms with Gasteiger partial charge in [0.15, 0.2) is 11.5 Å². The van der Waals surface area contributed by atoms with Crippen LogP contribution in [-0.4, -0.2) is 28.3 Å². The van der Waals surface area contributed by atoms with Gasteiger partial charge in [-0.1, -0.05) is 42.0 Å². The van der Waals surface area contributed by atoms with Crippen molar-refractivity contribution in [3.05, 3.63) is 59.4 Å². The Morgan fingerprint density at radius 3 is 2.68 bits per heavy atom. The van der Waals surface area contributed by atoms with Gasteiger partial charge in [0.05, 0.1) is 6.54 Å². The van der Waals surface area contributed by atoms with E-state index in [1.165, 1.54) is 6.08 Å². The Kier molecular flexibility index (Phi) is 3.83.